The normalized spacial score (nSPS) is 14.7. The summed E-state index contributed by atoms with van der Waals surface area (Å²) >= 11 is 0. The van der Waals surface area contributed by atoms with Gasteiger partial charge in [0.25, 0.3) is 0 Å². The van der Waals surface area contributed by atoms with Crippen molar-refractivity contribution in [1.29, 1.82) is 0 Å². The molecular weight excluding hydrogens is 197 g/mol. The Morgan fingerprint density at radius 1 is 1.40 bits per heavy atom. The van der Waals surface area contributed by atoms with E-state index in [0.29, 0.717) is 0 Å². The fraction of sp³-hybridized carbons (Fsp3) is 0.222. The fourth-order valence-electron chi connectivity index (χ4n) is 0.809. The Hall–Kier alpha value is 0.194. The molecule has 0 N–H and O–H groups in total. The second kappa shape index (κ2) is 4.93. The molecular formula is C9H11Y-. The third-order valence-corrected chi connectivity index (χ3v) is 1.36. The average molecular weight is 208 g/mol. The summed E-state index contributed by atoms with van der Waals surface area (Å²) in [4.78, 5) is 0. The fourth-order valence-corrected chi connectivity index (χ4v) is 0.809. The summed E-state index contributed by atoms with van der Waals surface area (Å²) in [5.41, 5.74) is 2.39. The number of allylic oxidation sites excluding steroid dienone is 6. The van der Waals surface area contributed by atoms with E-state index in [4.69, 9.17) is 0 Å². The van der Waals surface area contributed by atoms with Crippen molar-refractivity contribution >= 4 is 0 Å². The van der Waals surface area contributed by atoms with Crippen LogP contribution in [0.1, 0.15) is 13.3 Å². The molecule has 1 radical (unpaired) electrons. The van der Waals surface area contributed by atoms with Crippen molar-refractivity contribution < 1.29 is 32.7 Å². The maximum atomic E-state index is 3.84. The molecule has 0 spiro atoms. The van der Waals surface area contributed by atoms with E-state index in [1.807, 2.05) is 6.92 Å². The zero-order chi connectivity index (χ0) is 6.69. The van der Waals surface area contributed by atoms with Gasteiger partial charge >= 0.3 is 0 Å². The predicted octanol–water partition coefficient (Wildman–Crippen LogP) is 2.65. The molecule has 0 unspecified atom stereocenters. The van der Waals surface area contributed by atoms with E-state index in [9.17, 15) is 0 Å². The molecule has 0 aromatic carbocycles. The SMILES string of the molecule is [CH2-]C(C)=C1C=CCC=C1.[Y]. The summed E-state index contributed by atoms with van der Waals surface area (Å²) in [5.74, 6) is 0. The maximum absolute atomic E-state index is 3.84. The van der Waals surface area contributed by atoms with Gasteiger partial charge in [-0.05, 0) is 6.42 Å². The van der Waals surface area contributed by atoms with Gasteiger partial charge < -0.3 is 0 Å². The number of hydrogen-bond donors (Lipinski definition) is 0. The molecule has 0 atom stereocenters. The topological polar surface area (TPSA) is 0 Å². The van der Waals surface area contributed by atoms with E-state index in [2.05, 4.69) is 31.2 Å². The monoisotopic (exact) mass is 208 g/mol. The molecule has 0 amide bonds. The number of rotatable bonds is 0. The molecule has 1 aliphatic carbocycles. The quantitative estimate of drug-likeness (QED) is 0.537. The Labute approximate surface area is 88.0 Å². The minimum absolute atomic E-state index is 0. The Morgan fingerprint density at radius 2 is 1.90 bits per heavy atom. The van der Waals surface area contributed by atoms with Crippen LogP contribution in [0.2, 0.25) is 0 Å². The minimum Gasteiger partial charge on any atom is -0.241 e. The van der Waals surface area contributed by atoms with Gasteiger partial charge in [0.1, 0.15) is 0 Å². The van der Waals surface area contributed by atoms with E-state index < -0.39 is 0 Å². The minimum atomic E-state index is 0. The molecule has 1 heteroatoms. The van der Waals surface area contributed by atoms with Crippen LogP contribution in [0.3, 0.4) is 0 Å². The van der Waals surface area contributed by atoms with Crippen LogP contribution in [0, 0.1) is 6.92 Å². The molecule has 0 nitrogen and oxygen atoms in total. The molecule has 10 heavy (non-hydrogen) atoms. The van der Waals surface area contributed by atoms with Gasteiger partial charge in [0.2, 0.25) is 0 Å². The van der Waals surface area contributed by atoms with Crippen molar-refractivity contribution in [3.63, 3.8) is 0 Å². The van der Waals surface area contributed by atoms with Crippen LogP contribution < -0.4 is 0 Å². The van der Waals surface area contributed by atoms with Crippen LogP contribution in [0.5, 0.6) is 0 Å². The third-order valence-electron chi connectivity index (χ3n) is 1.36. The van der Waals surface area contributed by atoms with Gasteiger partial charge in [-0.1, -0.05) is 19.1 Å². The average Bonchev–Trinajstić information content (AvgIpc) is 1.90. The third kappa shape index (κ3) is 2.85. The van der Waals surface area contributed by atoms with Crippen LogP contribution in [-0.2, 0) is 32.7 Å². The van der Waals surface area contributed by atoms with Gasteiger partial charge in [0.15, 0.2) is 0 Å². The van der Waals surface area contributed by atoms with Crippen molar-refractivity contribution in [2.24, 2.45) is 0 Å². The first-order chi connectivity index (χ1) is 4.30. The van der Waals surface area contributed by atoms with E-state index in [-0.39, 0.29) is 32.7 Å². The zero-order valence-corrected chi connectivity index (χ0v) is 9.14. The van der Waals surface area contributed by atoms with Crippen molar-refractivity contribution in [2.75, 3.05) is 0 Å². The molecule has 0 aromatic rings. The zero-order valence-electron chi connectivity index (χ0n) is 6.30. The summed E-state index contributed by atoms with van der Waals surface area (Å²) in [6.07, 6.45) is 9.58. The van der Waals surface area contributed by atoms with Gasteiger partial charge in [-0.3, -0.25) is 0 Å². The van der Waals surface area contributed by atoms with Crippen molar-refractivity contribution in [1.82, 2.24) is 0 Å². The first kappa shape index (κ1) is 10.2. The molecule has 0 fully saturated rings. The molecule has 0 heterocycles. The standard InChI is InChI=1S/C9H11.Y/c1-8(2)9-6-4-3-5-7-9;/h4-7H,1,3H2,2H3;/q-1;. The Bertz CT molecular complexity index is 167. The summed E-state index contributed by atoms with van der Waals surface area (Å²) in [7, 11) is 0. The van der Waals surface area contributed by atoms with Crippen molar-refractivity contribution in [3.05, 3.63) is 42.4 Å². The van der Waals surface area contributed by atoms with Crippen LogP contribution in [0.25, 0.3) is 0 Å². The van der Waals surface area contributed by atoms with Crippen LogP contribution >= 0.6 is 0 Å². The smallest absolute Gasteiger partial charge is 0 e. The van der Waals surface area contributed by atoms with Gasteiger partial charge in [-0.2, -0.15) is 5.57 Å². The Morgan fingerprint density at radius 3 is 2.20 bits per heavy atom. The largest absolute Gasteiger partial charge is 0.241 e. The summed E-state index contributed by atoms with van der Waals surface area (Å²) < 4.78 is 0. The Kier molecular flexibility index (Phi) is 5.02. The first-order valence-electron chi connectivity index (χ1n) is 3.16. The number of hydrogen-bond acceptors (Lipinski definition) is 0. The van der Waals surface area contributed by atoms with E-state index in [1.54, 1.807) is 0 Å². The van der Waals surface area contributed by atoms with Gasteiger partial charge in [0, 0.05) is 32.7 Å². The van der Waals surface area contributed by atoms with Crippen LogP contribution in [0.15, 0.2) is 35.5 Å². The Balaban J connectivity index is 0.000000810. The molecule has 0 aliphatic heterocycles. The molecule has 0 bridgehead atoms. The molecule has 0 saturated heterocycles. The maximum Gasteiger partial charge on any atom is 0 e. The molecule has 0 aromatic heterocycles. The van der Waals surface area contributed by atoms with Gasteiger partial charge in [-0.15, -0.1) is 12.2 Å². The van der Waals surface area contributed by atoms with Crippen molar-refractivity contribution in [3.8, 4) is 0 Å². The van der Waals surface area contributed by atoms with Gasteiger partial charge in [0.05, 0.1) is 0 Å². The summed E-state index contributed by atoms with van der Waals surface area (Å²) in [5, 5.41) is 0. The second-order valence-corrected chi connectivity index (χ2v) is 2.28. The summed E-state index contributed by atoms with van der Waals surface area (Å²) in [6.45, 7) is 5.86. The van der Waals surface area contributed by atoms with Crippen LogP contribution in [0.4, 0.5) is 0 Å². The van der Waals surface area contributed by atoms with Crippen molar-refractivity contribution in [2.45, 2.75) is 13.3 Å². The van der Waals surface area contributed by atoms with Gasteiger partial charge in [-0.25, -0.2) is 12.5 Å². The second-order valence-electron chi connectivity index (χ2n) is 2.28. The van der Waals surface area contributed by atoms with E-state index in [0.717, 1.165) is 12.0 Å². The first-order valence-corrected chi connectivity index (χ1v) is 3.16. The van der Waals surface area contributed by atoms with E-state index >= 15 is 0 Å². The molecule has 0 saturated carbocycles. The van der Waals surface area contributed by atoms with E-state index in [1.165, 1.54) is 5.57 Å². The molecule has 1 rings (SSSR count). The summed E-state index contributed by atoms with van der Waals surface area (Å²) in [6, 6.07) is 0. The van der Waals surface area contributed by atoms with Crippen LogP contribution in [-0.4, -0.2) is 0 Å². The molecule has 51 valence electrons. The molecule has 1 aliphatic rings. The predicted molar refractivity (Wildman–Crippen MR) is 41.0 cm³/mol.